The SMILES string of the molecule is CCN(CC)CCNC(=O)c1c([N+](=O)[O-])nc(C(C)C)n1CC(C)C. The molecule has 1 heterocycles. The molecular formula is C17H31N5O3. The van der Waals surface area contributed by atoms with E-state index in [4.69, 9.17) is 0 Å². The van der Waals surface area contributed by atoms with Crippen molar-refractivity contribution in [2.75, 3.05) is 26.2 Å². The number of aromatic nitrogens is 2. The lowest BCUT2D eigenvalue weighted by atomic mass is 10.1. The maximum absolute atomic E-state index is 12.7. The number of carbonyl (C=O) groups excluding carboxylic acids is 1. The van der Waals surface area contributed by atoms with Gasteiger partial charge in [-0.05, 0) is 28.9 Å². The summed E-state index contributed by atoms with van der Waals surface area (Å²) >= 11 is 0. The highest BCUT2D eigenvalue weighted by Crippen LogP contribution is 2.25. The van der Waals surface area contributed by atoms with Crippen LogP contribution in [0, 0.1) is 16.0 Å². The fraction of sp³-hybridized carbons (Fsp3) is 0.765. The summed E-state index contributed by atoms with van der Waals surface area (Å²) in [6.07, 6.45) is 0. The Bertz CT molecular complexity index is 591. The van der Waals surface area contributed by atoms with Crippen LogP contribution in [0.5, 0.6) is 0 Å². The van der Waals surface area contributed by atoms with Gasteiger partial charge in [0, 0.05) is 25.6 Å². The molecule has 0 aliphatic rings. The highest BCUT2D eigenvalue weighted by Gasteiger charge is 2.33. The van der Waals surface area contributed by atoms with E-state index in [-0.39, 0.29) is 23.3 Å². The molecule has 0 aliphatic carbocycles. The second-order valence-corrected chi connectivity index (χ2v) is 6.84. The third-order valence-electron chi connectivity index (χ3n) is 4.04. The maximum atomic E-state index is 12.7. The van der Waals surface area contributed by atoms with Crippen LogP contribution in [0.4, 0.5) is 5.82 Å². The molecule has 0 spiro atoms. The van der Waals surface area contributed by atoms with Crippen molar-refractivity contribution in [3.05, 3.63) is 21.6 Å². The average molecular weight is 353 g/mol. The van der Waals surface area contributed by atoms with Crippen LogP contribution in [0.1, 0.15) is 63.8 Å². The van der Waals surface area contributed by atoms with E-state index in [0.29, 0.717) is 25.5 Å². The Morgan fingerprint density at radius 3 is 2.32 bits per heavy atom. The van der Waals surface area contributed by atoms with Gasteiger partial charge in [-0.3, -0.25) is 9.36 Å². The molecule has 1 amide bonds. The van der Waals surface area contributed by atoms with E-state index in [2.05, 4.69) is 29.0 Å². The van der Waals surface area contributed by atoms with E-state index in [0.717, 1.165) is 13.1 Å². The first kappa shape index (κ1) is 21.1. The predicted molar refractivity (Wildman–Crippen MR) is 97.9 cm³/mol. The molecule has 0 fully saturated rings. The fourth-order valence-electron chi connectivity index (χ4n) is 2.75. The van der Waals surface area contributed by atoms with Crippen molar-refractivity contribution in [2.24, 2.45) is 5.92 Å². The Kier molecular flexibility index (Phi) is 8.02. The van der Waals surface area contributed by atoms with Crippen molar-refractivity contribution in [1.82, 2.24) is 19.8 Å². The molecule has 1 aromatic rings. The zero-order chi connectivity index (χ0) is 19.1. The van der Waals surface area contributed by atoms with Crippen LogP contribution in [-0.4, -0.2) is 51.5 Å². The Labute approximate surface area is 149 Å². The van der Waals surface area contributed by atoms with Crippen LogP contribution in [0.25, 0.3) is 0 Å². The second-order valence-electron chi connectivity index (χ2n) is 6.84. The summed E-state index contributed by atoms with van der Waals surface area (Å²) in [7, 11) is 0. The molecule has 0 aliphatic heterocycles. The fourth-order valence-corrected chi connectivity index (χ4v) is 2.75. The molecule has 1 aromatic heterocycles. The second kappa shape index (κ2) is 9.50. The molecule has 142 valence electrons. The molecule has 0 saturated heterocycles. The molecule has 0 radical (unpaired) electrons. The van der Waals surface area contributed by atoms with Gasteiger partial charge in [0.2, 0.25) is 11.5 Å². The molecule has 8 heteroatoms. The van der Waals surface area contributed by atoms with Gasteiger partial charge in [-0.2, -0.15) is 0 Å². The van der Waals surface area contributed by atoms with Crippen molar-refractivity contribution >= 4 is 11.7 Å². The molecule has 1 N–H and O–H groups in total. The van der Waals surface area contributed by atoms with Gasteiger partial charge in [0.25, 0.3) is 5.91 Å². The zero-order valence-electron chi connectivity index (χ0n) is 16.2. The normalized spacial score (nSPS) is 11.6. The van der Waals surface area contributed by atoms with Gasteiger partial charge in [-0.15, -0.1) is 0 Å². The standard InChI is InChI=1S/C17H31N5O3/c1-7-20(8-2)10-9-18-17(23)14-16(22(24)25)19-15(13(5)6)21(14)11-12(3)4/h12-13H,7-11H2,1-6H3,(H,18,23). The highest BCUT2D eigenvalue weighted by molar-refractivity contribution is 5.96. The number of likely N-dealkylation sites (N-methyl/N-ethyl adjacent to an activating group) is 1. The van der Waals surface area contributed by atoms with Gasteiger partial charge < -0.3 is 20.3 Å². The van der Waals surface area contributed by atoms with E-state index >= 15 is 0 Å². The largest absolute Gasteiger partial charge is 0.395 e. The van der Waals surface area contributed by atoms with Crippen molar-refractivity contribution in [2.45, 2.75) is 54.0 Å². The van der Waals surface area contributed by atoms with Gasteiger partial charge in [0.05, 0.1) is 0 Å². The summed E-state index contributed by atoms with van der Waals surface area (Å²) < 4.78 is 1.71. The number of rotatable bonds is 10. The smallest absolute Gasteiger partial charge is 0.358 e. The van der Waals surface area contributed by atoms with Crippen LogP contribution in [0.2, 0.25) is 0 Å². The van der Waals surface area contributed by atoms with Crippen molar-refractivity contribution in [1.29, 1.82) is 0 Å². The highest BCUT2D eigenvalue weighted by atomic mass is 16.6. The van der Waals surface area contributed by atoms with Crippen molar-refractivity contribution < 1.29 is 9.72 Å². The minimum absolute atomic E-state index is 0.00493. The monoisotopic (exact) mass is 353 g/mol. The number of hydrogen-bond acceptors (Lipinski definition) is 5. The first-order valence-corrected chi connectivity index (χ1v) is 8.98. The maximum Gasteiger partial charge on any atom is 0.395 e. The number of imidazole rings is 1. The lowest BCUT2D eigenvalue weighted by molar-refractivity contribution is -0.389. The first-order valence-electron chi connectivity index (χ1n) is 8.98. The van der Waals surface area contributed by atoms with Crippen LogP contribution in [0.15, 0.2) is 0 Å². The van der Waals surface area contributed by atoms with Gasteiger partial charge >= 0.3 is 5.82 Å². The van der Waals surface area contributed by atoms with E-state index in [1.54, 1.807) is 4.57 Å². The molecule has 0 bridgehead atoms. The van der Waals surface area contributed by atoms with Crippen LogP contribution in [0.3, 0.4) is 0 Å². The molecular weight excluding hydrogens is 322 g/mol. The summed E-state index contributed by atoms with van der Waals surface area (Å²) in [5, 5.41) is 14.2. The van der Waals surface area contributed by atoms with Gasteiger partial charge in [-0.1, -0.05) is 41.5 Å². The summed E-state index contributed by atoms with van der Waals surface area (Å²) in [5.74, 6) is 0.0288. The van der Waals surface area contributed by atoms with E-state index in [1.807, 2.05) is 27.7 Å². The minimum Gasteiger partial charge on any atom is -0.358 e. The van der Waals surface area contributed by atoms with Gasteiger partial charge in [0.1, 0.15) is 0 Å². The molecule has 1 rings (SSSR count). The van der Waals surface area contributed by atoms with Crippen LogP contribution < -0.4 is 5.32 Å². The number of nitrogens with one attached hydrogen (secondary N) is 1. The number of carbonyl (C=O) groups is 1. The van der Waals surface area contributed by atoms with Crippen LogP contribution in [-0.2, 0) is 6.54 Å². The number of amides is 1. The Morgan fingerprint density at radius 2 is 1.88 bits per heavy atom. The Morgan fingerprint density at radius 1 is 1.28 bits per heavy atom. The predicted octanol–water partition coefficient (Wildman–Crippen LogP) is 2.64. The lowest BCUT2D eigenvalue weighted by Gasteiger charge is -2.18. The van der Waals surface area contributed by atoms with E-state index in [1.165, 1.54) is 0 Å². The molecule has 0 aromatic carbocycles. The van der Waals surface area contributed by atoms with Crippen LogP contribution >= 0.6 is 0 Å². The van der Waals surface area contributed by atoms with Crippen molar-refractivity contribution in [3.63, 3.8) is 0 Å². The summed E-state index contributed by atoms with van der Waals surface area (Å²) in [6.45, 7) is 15.5. The molecule has 8 nitrogen and oxygen atoms in total. The molecule has 0 unspecified atom stereocenters. The molecule has 25 heavy (non-hydrogen) atoms. The van der Waals surface area contributed by atoms with Crippen molar-refractivity contribution in [3.8, 4) is 0 Å². The third-order valence-corrected chi connectivity index (χ3v) is 4.04. The minimum atomic E-state index is -0.567. The van der Waals surface area contributed by atoms with Gasteiger partial charge in [-0.25, -0.2) is 0 Å². The lowest BCUT2D eigenvalue weighted by Crippen LogP contribution is -2.36. The zero-order valence-corrected chi connectivity index (χ0v) is 16.2. The topological polar surface area (TPSA) is 93.3 Å². The number of nitro groups is 1. The summed E-state index contributed by atoms with van der Waals surface area (Å²) in [6, 6.07) is 0. The third kappa shape index (κ3) is 5.52. The number of hydrogen-bond donors (Lipinski definition) is 1. The summed E-state index contributed by atoms with van der Waals surface area (Å²) in [4.78, 5) is 29.9. The first-order chi connectivity index (χ1) is 11.7. The quantitative estimate of drug-likeness (QED) is 0.515. The molecule has 0 atom stereocenters. The van der Waals surface area contributed by atoms with E-state index in [9.17, 15) is 14.9 Å². The average Bonchev–Trinajstić information content (AvgIpc) is 2.90. The number of nitrogens with zero attached hydrogens (tertiary/aromatic N) is 4. The molecule has 0 saturated carbocycles. The van der Waals surface area contributed by atoms with Gasteiger partial charge in [0.15, 0.2) is 0 Å². The van der Waals surface area contributed by atoms with E-state index < -0.39 is 10.8 Å². The Balaban J connectivity index is 3.12. The summed E-state index contributed by atoms with van der Waals surface area (Å²) in [5.41, 5.74) is 0.0574. The Hall–Kier alpha value is -1.96.